The predicted molar refractivity (Wildman–Crippen MR) is 109 cm³/mol. The number of ether oxygens (including phenoxy) is 1. The average Bonchev–Trinajstić information content (AvgIpc) is 3.27. The van der Waals surface area contributed by atoms with E-state index in [1.165, 1.54) is 24.4 Å². The maximum atomic E-state index is 13.5. The molecule has 2 aromatic carbocycles. The van der Waals surface area contributed by atoms with Crippen molar-refractivity contribution in [1.82, 2.24) is 19.7 Å². The van der Waals surface area contributed by atoms with E-state index in [0.29, 0.717) is 17.7 Å². The molecule has 0 radical (unpaired) electrons. The Kier molecular flexibility index (Phi) is 6.71. The quantitative estimate of drug-likeness (QED) is 0.379. The van der Waals surface area contributed by atoms with Crippen molar-refractivity contribution in [2.24, 2.45) is 0 Å². The maximum Gasteiger partial charge on any atom is 0.242 e. The van der Waals surface area contributed by atoms with Gasteiger partial charge in [0.1, 0.15) is 42.1 Å². The normalized spacial score (nSPS) is 25.4. The van der Waals surface area contributed by atoms with Crippen molar-refractivity contribution >= 4 is 10.0 Å². The van der Waals surface area contributed by atoms with Gasteiger partial charge in [-0.15, -0.1) is 5.10 Å². The zero-order valence-corrected chi connectivity index (χ0v) is 18.0. The molecule has 1 aromatic heterocycles. The molecule has 1 fully saturated rings. The molecule has 0 spiro atoms. The van der Waals surface area contributed by atoms with Crippen LogP contribution in [0.2, 0.25) is 0 Å². The van der Waals surface area contributed by atoms with Crippen LogP contribution in [0.5, 0.6) is 0 Å². The van der Waals surface area contributed by atoms with Gasteiger partial charge in [0.15, 0.2) is 11.6 Å². The monoisotopic (exact) mass is 500 g/mol. The molecule has 0 saturated carbocycles. The van der Waals surface area contributed by atoms with E-state index in [1.54, 1.807) is 6.07 Å². The van der Waals surface area contributed by atoms with Gasteiger partial charge in [0.25, 0.3) is 0 Å². The molecule has 5 atom stereocenters. The lowest BCUT2D eigenvalue weighted by molar-refractivity contribution is -0.208. The fourth-order valence-electron chi connectivity index (χ4n) is 3.58. The van der Waals surface area contributed by atoms with Crippen LogP contribution in [-0.4, -0.2) is 69.9 Å². The standard InChI is InChI=1S/C20H19F3N4O6S/c21-11-3-1-2-10(6-11)15-8-27(26-24-15)17-18(29)16(9-28)33-20(19(17)30)25-34(31,32)12-4-5-13(22)14(23)7-12/h1-8,16-20,25,28-30H,9H2. The van der Waals surface area contributed by atoms with Crippen LogP contribution in [0.25, 0.3) is 11.3 Å². The molecule has 182 valence electrons. The Morgan fingerprint density at radius 2 is 1.82 bits per heavy atom. The summed E-state index contributed by atoms with van der Waals surface area (Å²) in [5, 5.41) is 38.8. The summed E-state index contributed by atoms with van der Waals surface area (Å²) in [4.78, 5) is -0.639. The number of sulfonamides is 1. The van der Waals surface area contributed by atoms with E-state index in [9.17, 15) is 36.9 Å². The first-order valence-electron chi connectivity index (χ1n) is 9.88. The molecule has 0 bridgehead atoms. The van der Waals surface area contributed by atoms with Crippen LogP contribution in [0.15, 0.2) is 53.6 Å². The molecule has 0 aliphatic carbocycles. The summed E-state index contributed by atoms with van der Waals surface area (Å²) in [6, 6.07) is 5.97. The third-order valence-electron chi connectivity index (χ3n) is 5.30. The van der Waals surface area contributed by atoms with Gasteiger partial charge in [0, 0.05) is 5.56 Å². The third kappa shape index (κ3) is 4.68. The number of aromatic nitrogens is 3. The zero-order chi connectivity index (χ0) is 24.6. The van der Waals surface area contributed by atoms with Gasteiger partial charge in [-0.25, -0.2) is 26.3 Å². The number of hydrogen-bond acceptors (Lipinski definition) is 8. The summed E-state index contributed by atoms with van der Waals surface area (Å²) in [5.74, 6) is -3.18. The minimum atomic E-state index is -4.52. The highest BCUT2D eigenvalue weighted by Gasteiger charge is 2.47. The van der Waals surface area contributed by atoms with E-state index < -0.39 is 69.6 Å². The fourth-order valence-corrected chi connectivity index (χ4v) is 4.72. The first-order chi connectivity index (χ1) is 16.1. The van der Waals surface area contributed by atoms with Gasteiger partial charge in [-0.3, -0.25) is 0 Å². The molecule has 1 saturated heterocycles. The lowest BCUT2D eigenvalue weighted by atomic mass is 9.96. The zero-order valence-electron chi connectivity index (χ0n) is 17.2. The second-order valence-electron chi connectivity index (χ2n) is 7.54. The van der Waals surface area contributed by atoms with Crippen LogP contribution in [0.3, 0.4) is 0 Å². The lowest BCUT2D eigenvalue weighted by Crippen LogP contribution is -2.61. The van der Waals surface area contributed by atoms with Crippen LogP contribution in [0, 0.1) is 17.5 Å². The number of hydrogen-bond donors (Lipinski definition) is 4. The minimum absolute atomic E-state index is 0.199. The molecular weight excluding hydrogens is 481 g/mol. The van der Waals surface area contributed by atoms with Crippen LogP contribution in [0.1, 0.15) is 6.04 Å². The summed E-state index contributed by atoms with van der Waals surface area (Å²) in [7, 11) is -4.52. The average molecular weight is 500 g/mol. The van der Waals surface area contributed by atoms with Gasteiger partial charge >= 0.3 is 0 Å². The third-order valence-corrected chi connectivity index (χ3v) is 6.72. The number of aliphatic hydroxyl groups excluding tert-OH is 3. The molecule has 4 rings (SSSR count). The number of benzene rings is 2. The Balaban J connectivity index is 1.63. The Hall–Kier alpha value is -2.88. The summed E-state index contributed by atoms with van der Waals surface area (Å²) >= 11 is 0. The van der Waals surface area contributed by atoms with Crippen LogP contribution in [-0.2, 0) is 14.8 Å². The van der Waals surface area contributed by atoms with E-state index in [1.807, 2.05) is 4.72 Å². The molecule has 5 unspecified atom stereocenters. The van der Waals surface area contributed by atoms with E-state index in [2.05, 4.69) is 10.3 Å². The van der Waals surface area contributed by atoms with Crippen LogP contribution >= 0.6 is 0 Å². The molecule has 2 heterocycles. The number of halogens is 3. The topological polar surface area (TPSA) is 147 Å². The molecule has 10 nitrogen and oxygen atoms in total. The van der Waals surface area contributed by atoms with E-state index in [-0.39, 0.29) is 5.69 Å². The molecule has 14 heteroatoms. The van der Waals surface area contributed by atoms with E-state index in [4.69, 9.17) is 4.74 Å². The summed E-state index contributed by atoms with van der Waals surface area (Å²) < 4.78 is 74.0. The van der Waals surface area contributed by atoms with Gasteiger partial charge in [-0.05, 0) is 30.3 Å². The molecular formula is C20H19F3N4O6S. The Bertz CT molecular complexity index is 1290. The van der Waals surface area contributed by atoms with Crippen molar-refractivity contribution in [1.29, 1.82) is 0 Å². The summed E-state index contributed by atoms with van der Waals surface area (Å²) in [5.41, 5.74) is 0.557. The van der Waals surface area contributed by atoms with Crippen molar-refractivity contribution in [3.05, 3.63) is 66.1 Å². The maximum absolute atomic E-state index is 13.5. The van der Waals surface area contributed by atoms with E-state index >= 15 is 0 Å². The number of nitrogens with zero attached hydrogens (tertiary/aromatic N) is 3. The first kappa shape index (κ1) is 24.3. The highest BCUT2D eigenvalue weighted by atomic mass is 32.2. The molecule has 0 amide bonds. The Labute approximate surface area is 191 Å². The van der Waals surface area contributed by atoms with Crippen molar-refractivity contribution in [3.8, 4) is 11.3 Å². The first-order valence-corrected chi connectivity index (χ1v) is 11.4. The van der Waals surface area contributed by atoms with Gasteiger partial charge < -0.3 is 20.1 Å². The number of nitrogens with one attached hydrogen (secondary N) is 1. The molecule has 4 N–H and O–H groups in total. The van der Waals surface area contributed by atoms with Gasteiger partial charge in [0.05, 0.1) is 17.7 Å². The van der Waals surface area contributed by atoms with Gasteiger partial charge in [-0.2, -0.15) is 4.72 Å². The molecule has 1 aliphatic heterocycles. The highest BCUT2D eigenvalue weighted by Crippen LogP contribution is 2.31. The Morgan fingerprint density at radius 1 is 1.06 bits per heavy atom. The second-order valence-corrected chi connectivity index (χ2v) is 9.25. The fraction of sp³-hybridized carbons (Fsp3) is 0.300. The smallest absolute Gasteiger partial charge is 0.242 e. The summed E-state index contributed by atoms with van der Waals surface area (Å²) in [6.45, 7) is -0.751. The molecule has 1 aliphatic rings. The van der Waals surface area contributed by atoms with E-state index in [0.717, 1.165) is 10.7 Å². The SMILES string of the molecule is O=S(=O)(NC1OC(CO)C(O)C(n2cc(-c3cccc(F)c3)nn2)C1O)c1ccc(F)c(F)c1. The molecule has 3 aromatic rings. The van der Waals surface area contributed by atoms with Crippen molar-refractivity contribution in [3.63, 3.8) is 0 Å². The van der Waals surface area contributed by atoms with Gasteiger partial charge in [-0.1, -0.05) is 17.3 Å². The van der Waals surface area contributed by atoms with Crippen LogP contribution < -0.4 is 4.72 Å². The largest absolute Gasteiger partial charge is 0.394 e. The van der Waals surface area contributed by atoms with Crippen molar-refractivity contribution < 1.29 is 41.6 Å². The predicted octanol–water partition coefficient (Wildman–Crippen LogP) is 0.321. The second kappa shape index (κ2) is 9.40. The minimum Gasteiger partial charge on any atom is -0.394 e. The number of aliphatic hydroxyl groups is 3. The highest BCUT2D eigenvalue weighted by molar-refractivity contribution is 7.89. The Morgan fingerprint density at radius 3 is 2.50 bits per heavy atom. The summed E-state index contributed by atoms with van der Waals surface area (Å²) in [6.07, 6.45) is -5.09. The number of rotatable bonds is 6. The van der Waals surface area contributed by atoms with Crippen LogP contribution in [0.4, 0.5) is 13.2 Å². The van der Waals surface area contributed by atoms with Gasteiger partial charge in [0.2, 0.25) is 10.0 Å². The lowest BCUT2D eigenvalue weighted by Gasteiger charge is -2.42. The van der Waals surface area contributed by atoms with Crippen molar-refractivity contribution in [2.75, 3.05) is 6.61 Å². The molecule has 34 heavy (non-hydrogen) atoms. The van der Waals surface area contributed by atoms with Crippen molar-refractivity contribution in [2.45, 2.75) is 35.5 Å².